The van der Waals surface area contributed by atoms with Gasteiger partial charge in [0.2, 0.25) is 0 Å². The van der Waals surface area contributed by atoms with E-state index in [1.165, 1.54) is 0 Å². The topological polar surface area (TPSA) is 210 Å². The highest BCUT2D eigenvalue weighted by atomic mass is 16.6. The first-order valence-corrected chi connectivity index (χ1v) is 23.6. The van der Waals surface area contributed by atoms with Crippen molar-refractivity contribution >= 4 is 35.5 Å². The fourth-order valence-corrected chi connectivity index (χ4v) is 7.20. The Morgan fingerprint density at radius 2 is 0.971 bits per heavy atom. The van der Waals surface area contributed by atoms with Crippen molar-refractivity contribution in [2.45, 2.75) is 130 Å². The van der Waals surface area contributed by atoms with Gasteiger partial charge in [0.1, 0.15) is 22.7 Å². The van der Waals surface area contributed by atoms with Gasteiger partial charge in [0.25, 0.3) is 0 Å². The lowest BCUT2D eigenvalue weighted by molar-refractivity contribution is -0.146. The van der Waals surface area contributed by atoms with Crippen molar-refractivity contribution < 1.29 is 66.5 Å². The van der Waals surface area contributed by atoms with Gasteiger partial charge >= 0.3 is 24.1 Å². The molecular weight excluding hydrogens is 905 g/mol. The molecule has 2 aliphatic rings. The summed E-state index contributed by atoms with van der Waals surface area (Å²) in [5.41, 5.74) is 2.90. The molecule has 0 saturated carbocycles. The molecule has 380 valence electrons. The molecule has 2 N–H and O–H groups in total. The number of nitrogens with one attached hydrogen (secondary N) is 2. The lowest BCUT2D eigenvalue weighted by Crippen LogP contribution is -2.29. The summed E-state index contributed by atoms with van der Waals surface area (Å²) in [7, 11) is 0. The summed E-state index contributed by atoms with van der Waals surface area (Å²) in [5, 5.41) is 5.47. The molecule has 70 heavy (non-hydrogen) atoms. The van der Waals surface area contributed by atoms with Crippen molar-refractivity contribution in [1.82, 2.24) is 9.97 Å². The number of carbonyl (C=O) groups excluding carboxylic acids is 4. The average molecular weight is 973 g/mol. The zero-order valence-corrected chi connectivity index (χ0v) is 41.5. The van der Waals surface area contributed by atoms with Crippen LogP contribution in [0.3, 0.4) is 0 Å². The molecule has 0 radical (unpaired) electrons. The highest BCUT2D eigenvalue weighted by molar-refractivity contribution is 5.86. The number of ether oxygens (including phenoxy) is 10. The van der Waals surface area contributed by atoms with Gasteiger partial charge in [-0.3, -0.25) is 20.6 Å². The molecule has 2 aromatic heterocycles. The maximum Gasteiger partial charge on any atom is 0.412 e. The molecule has 0 aliphatic carbocycles. The van der Waals surface area contributed by atoms with Gasteiger partial charge in [-0.15, -0.1) is 0 Å². The number of aromatic nitrogens is 2. The number of pyridine rings is 2. The van der Waals surface area contributed by atoms with E-state index < -0.39 is 35.3 Å². The molecule has 0 unspecified atom stereocenters. The second-order valence-corrected chi connectivity index (χ2v) is 18.2. The number of esters is 2. The Morgan fingerprint density at radius 1 is 0.571 bits per heavy atom. The van der Waals surface area contributed by atoms with Gasteiger partial charge < -0.3 is 47.4 Å². The summed E-state index contributed by atoms with van der Waals surface area (Å²) in [6.45, 7) is 15.9. The number of carbonyl (C=O) groups is 4. The average Bonchev–Trinajstić information content (AvgIpc) is 3.32. The van der Waals surface area contributed by atoms with Crippen molar-refractivity contribution in [3.8, 4) is 11.5 Å². The van der Waals surface area contributed by atoms with Gasteiger partial charge in [0.15, 0.2) is 13.2 Å². The Kier molecular flexibility index (Phi) is 21.2. The van der Waals surface area contributed by atoms with E-state index in [4.69, 9.17) is 47.4 Å². The highest BCUT2D eigenvalue weighted by Gasteiger charge is 2.28. The zero-order chi connectivity index (χ0) is 50.5. The van der Waals surface area contributed by atoms with Crippen molar-refractivity contribution in [2.24, 2.45) is 0 Å². The molecule has 18 nitrogen and oxygen atoms in total. The van der Waals surface area contributed by atoms with E-state index in [0.29, 0.717) is 60.7 Å². The number of benzene rings is 2. The first kappa shape index (κ1) is 54.6. The number of anilines is 2. The Bertz CT molecular complexity index is 2120. The van der Waals surface area contributed by atoms with Crippen LogP contribution in [0.5, 0.6) is 11.5 Å². The Labute approximate surface area is 410 Å². The number of rotatable bonds is 18. The van der Waals surface area contributed by atoms with Gasteiger partial charge in [-0.25, -0.2) is 19.2 Å². The molecule has 4 atom stereocenters. The first-order valence-electron chi connectivity index (χ1n) is 23.6. The molecule has 2 aliphatic heterocycles. The van der Waals surface area contributed by atoms with Crippen LogP contribution in [0.1, 0.15) is 116 Å². The third kappa shape index (κ3) is 18.9. The predicted molar refractivity (Wildman–Crippen MR) is 258 cm³/mol. The lowest BCUT2D eigenvalue weighted by Gasteiger charge is -2.30. The maximum absolute atomic E-state index is 12.1. The molecule has 4 aromatic rings. The number of para-hydroxylation sites is 2. The van der Waals surface area contributed by atoms with Crippen molar-refractivity contribution in [2.75, 3.05) is 50.3 Å². The number of amides is 2. The van der Waals surface area contributed by atoms with Crippen LogP contribution in [0.15, 0.2) is 85.2 Å². The molecule has 4 heterocycles. The Morgan fingerprint density at radius 3 is 1.33 bits per heavy atom. The minimum Gasteiger partial charge on any atom is -0.482 e. The summed E-state index contributed by atoms with van der Waals surface area (Å²) in [6, 6.07) is 22.1. The quantitative estimate of drug-likeness (QED) is 0.0702. The summed E-state index contributed by atoms with van der Waals surface area (Å²) < 4.78 is 56.1. The largest absolute Gasteiger partial charge is 0.482 e. The van der Waals surface area contributed by atoms with Crippen molar-refractivity contribution in [3.63, 3.8) is 0 Å². The Hall–Kier alpha value is -6.34. The third-order valence-corrected chi connectivity index (χ3v) is 10.3. The van der Waals surface area contributed by atoms with E-state index in [-0.39, 0.29) is 50.8 Å². The van der Waals surface area contributed by atoms with E-state index in [9.17, 15) is 19.2 Å². The van der Waals surface area contributed by atoms with E-state index >= 15 is 0 Å². The van der Waals surface area contributed by atoms with Crippen LogP contribution in [-0.4, -0.2) is 97.1 Å². The molecule has 2 amide bonds. The maximum atomic E-state index is 12.1. The van der Waals surface area contributed by atoms with Crippen LogP contribution in [0.2, 0.25) is 0 Å². The molecule has 2 saturated heterocycles. The molecule has 2 aromatic carbocycles. The standard InChI is InChI=1S/2C26H34N2O7/c2*1-5-31-24(29)17-34-22-11-7-6-9-19(22)23-13-12-18(15-33-23)32-16-21-20(10-8-14-27-21)28-25(30)35-26(2,3)4/h2*6-11,14,18,23H,5,12-13,15-17H2,1-4H3,(H,28,30)/t2*18-,23-/m10/s1. The molecule has 2 fully saturated rings. The SMILES string of the molecule is CCOC(=O)COc1ccccc1[C@@H]1CC[C@H](OCc2ncccc2NC(=O)OC(C)(C)C)CO1.CCOC(=O)COc1ccccc1[C@H]1CC[C@@H](OCc2ncccc2NC(=O)OC(C)(C)C)CO1. The van der Waals surface area contributed by atoms with Crippen LogP contribution in [0.4, 0.5) is 21.0 Å². The van der Waals surface area contributed by atoms with E-state index in [1.807, 2.05) is 48.5 Å². The van der Waals surface area contributed by atoms with Crippen LogP contribution in [0.25, 0.3) is 0 Å². The fourth-order valence-electron chi connectivity index (χ4n) is 7.20. The highest BCUT2D eigenvalue weighted by Crippen LogP contribution is 2.36. The van der Waals surface area contributed by atoms with Crippen LogP contribution in [-0.2, 0) is 60.7 Å². The summed E-state index contributed by atoms with van der Waals surface area (Å²) in [6.07, 6.45) is 4.69. The first-order chi connectivity index (χ1) is 33.5. The van der Waals surface area contributed by atoms with Gasteiger partial charge in [0.05, 0.1) is 86.8 Å². The molecule has 0 spiro atoms. The number of nitrogens with zero attached hydrogens (tertiary/aromatic N) is 2. The van der Waals surface area contributed by atoms with Crippen molar-refractivity contribution in [3.05, 3.63) is 108 Å². The minimum absolute atomic E-state index is 0.116. The normalized spacial score (nSPS) is 17.9. The van der Waals surface area contributed by atoms with Gasteiger partial charge in [-0.1, -0.05) is 36.4 Å². The van der Waals surface area contributed by atoms with Crippen LogP contribution >= 0.6 is 0 Å². The number of hydrogen-bond donors (Lipinski definition) is 2. The van der Waals surface area contributed by atoms with Gasteiger partial charge in [0, 0.05) is 23.5 Å². The molecule has 0 bridgehead atoms. The Balaban J connectivity index is 0.000000261. The van der Waals surface area contributed by atoms with Crippen LogP contribution in [0, 0.1) is 0 Å². The van der Waals surface area contributed by atoms with E-state index in [0.717, 1.165) is 36.8 Å². The van der Waals surface area contributed by atoms with E-state index in [2.05, 4.69) is 20.6 Å². The molecular formula is C52H68N4O14. The molecule has 6 rings (SSSR count). The summed E-state index contributed by atoms with van der Waals surface area (Å²) in [5.74, 6) is 0.401. The monoisotopic (exact) mass is 972 g/mol. The molecule has 18 heteroatoms. The second-order valence-electron chi connectivity index (χ2n) is 18.2. The summed E-state index contributed by atoms with van der Waals surface area (Å²) >= 11 is 0. The lowest BCUT2D eigenvalue weighted by atomic mass is 9.99. The number of hydrogen-bond acceptors (Lipinski definition) is 16. The van der Waals surface area contributed by atoms with Crippen LogP contribution < -0.4 is 20.1 Å². The van der Waals surface area contributed by atoms with E-state index in [1.54, 1.807) is 92.0 Å². The smallest absolute Gasteiger partial charge is 0.412 e. The van der Waals surface area contributed by atoms with Crippen molar-refractivity contribution in [1.29, 1.82) is 0 Å². The third-order valence-electron chi connectivity index (χ3n) is 10.3. The predicted octanol–water partition coefficient (Wildman–Crippen LogP) is 9.61. The van der Waals surface area contributed by atoms with Gasteiger partial charge in [-0.05, 0) is 117 Å². The zero-order valence-electron chi connectivity index (χ0n) is 41.5. The van der Waals surface area contributed by atoms with Gasteiger partial charge in [-0.2, -0.15) is 0 Å². The second kappa shape index (κ2) is 27.2. The minimum atomic E-state index is -0.596. The fraction of sp³-hybridized carbons (Fsp3) is 0.500. The summed E-state index contributed by atoms with van der Waals surface area (Å²) in [4.78, 5) is 56.3.